The highest BCUT2D eigenvalue weighted by Crippen LogP contribution is 2.30. The van der Waals surface area contributed by atoms with Gasteiger partial charge in [-0.2, -0.15) is 0 Å². The molecule has 0 heterocycles. The number of hydrogen-bond donors (Lipinski definition) is 0. The fourth-order valence-corrected chi connectivity index (χ4v) is 2.75. The first-order valence-electron chi connectivity index (χ1n) is 6.65. The second kappa shape index (κ2) is 6.25. The molecule has 2 aromatic rings. The van der Waals surface area contributed by atoms with Crippen molar-refractivity contribution in [3.63, 3.8) is 0 Å². The molecule has 0 saturated carbocycles. The molecule has 0 amide bonds. The fraction of sp³-hybridized carbons (Fsp3) is 0.294. The van der Waals surface area contributed by atoms with E-state index >= 15 is 0 Å². The van der Waals surface area contributed by atoms with Crippen LogP contribution in [0.15, 0.2) is 42.5 Å². The number of aryl methyl sites for hydroxylation is 2. The van der Waals surface area contributed by atoms with Crippen LogP contribution < -0.4 is 4.90 Å². The summed E-state index contributed by atoms with van der Waals surface area (Å²) in [5.41, 5.74) is 6.47. The molecule has 2 heteroatoms. The van der Waals surface area contributed by atoms with Crippen molar-refractivity contribution in [1.82, 2.24) is 0 Å². The van der Waals surface area contributed by atoms with E-state index in [0.29, 0.717) is 0 Å². The highest BCUT2D eigenvalue weighted by molar-refractivity contribution is 9.08. The van der Waals surface area contributed by atoms with Crippen molar-refractivity contribution < 1.29 is 0 Å². The van der Waals surface area contributed by atoms with Crippen LogP contribution in [0.3, 0.4) is 0 Å². The van der Waals surface area contributed by atoms with Crippen LogP contribution in [-0.2, 0) is 5.33 Å². The van der Waals surface area contributed by atoms with Crippen molar-refractivity contribution in [2.24, 2.45) is 0 Å². The van der Waals surface area contributed by atoms with Crippen LogP contribution >= 0.6 is 15.9 Å². The molecule has 0 N–H and O–H groups in total. The van der Waals surface area contributed by atoms with Gasteiger partial charge in [-0.3, -0.25) is 0 Å². The normalized spacial score (nSPS) is 10.5. The Morgan fingerprint density at radius 2 is 1.58 bits per heavy atom. The molecule has 0 atom stereocenters. The Kier molecular flexibility index (Phi) is 4.65. The van der Waals surface area contributed by atoms with Crippen molar-refractivity contribution >= 4 is 27.3 Å². The Morgan fingerprint density at radius 3 is 2.16 bits per heavy atom. The zero-order chi connectivity index (χ0) is 13.8. The van der Waals surface area contributed by atoms with Gasteiger partial charge in [0.1, 0.15) is 0 Å². The van der Waals surface area contributed by atoms with Crippen molar-refractivity contribution in [2.75, 3.05) is 11.4 Å². The smallest absolute Gasteiger partial charge is 0.0451 e. The molecule has 0 spiro atoms. The summed E-state index contributed by atoms with van der Waals surface area (Å²) in [6.45, 7) is 7.41. The lowest BCUT2D eigenvalue weighted by molar-refractivity contribution is 1.01. The summed E-state index contributed by atoms with van der Waals surface area (Å²) in [4.78, 5) is 2.36. The van der Waals surface area contributed by atoms with Crippen LogP contribution in [0.2, 0.25) is 0 Å². The van der Waals surface area contributed by atoms with Crippen molar-refractivity contribution in [1.29, 1.82) is 0 Å². The molecule has 0 unspecified atom stereocenters. The van der Waals surface area contributed by atoms with E-state index in [1.807, 2.05) is 0 Å². The molecule has 0 aliphatic carbocycles. The molecule has 19 heavy (non-hydrogen) atoms. The summed E-state index contributed by atoms with van der Waals surface area (Å²) < 4.78 is 0. The van der Waals surface area contributed by atoms with Crippen LogP contribution in [-0.4, -0.2) is 6.54 Å². The monoisotopic (exact) mass is 317 g/mol. The number of rotatable bonds is 4. The molecule has 2 rings (SSSR count). The Labute approximate surface area is 124 Å². The molecule has 100 valence electrons. The van der Waals surface area contributed by atoms with E-state index in [2.05, 4.69) is 84.1 Å². The number of anilines is 2. The molecule has 0 aliphatic rings. The van der Waals surface area contributed by atoms with Crippen LogP contribution in [0.5, 0.6) is 0 Å². The number of nitrogens with zero attached hydrogens (tertiary/aromatic N) is 1. The molecule has 0 radical (unpaired) electrons. The lowest BCUT2D eigenvalue weighted by Crippen LogP contribution is -2.17. The maximum absolute atomic E-state index is 3.60. The van der Waals surface area contributed by atoms with Crippen molar-refractivity contribution in [3.8, 4) is 0 Å². The van der Waals surface area contributed by atoms with Gasteiger partial charge < -0.3 is 4.90 Å². The third-order valence-electron chi connectivity index (χ3n) is 3.33. The van der Waals surface area contributed by atoms with E-state index in [1.54, 1.807) is 0 Å². The quantitative estimate of drug-likeness (QED) is 0.686. The van der Waals surface area contributed by atoms with Gasteiger partial charge in [0.15, 0.2) is 0 Å². The van der Waals surface area contributed by atoms with E-state index in [-0.39, 0.29) is 0 Å². The summed E-state index contributed by atoms with van der Waals surface area (Å²) in [6.07, 6.45) is 0. The van der Waals surface area contributed by atoms with E-state index < -0.39 is 0 Å². The minimum atomic E-state index is 0.881. The average Bonchev–Trinajstić information content (AvgIpc) is 2.43. The van der Waals surface area contributed by atoms with Crippen LogP contribution in [0, 0.1) is 13.8 Å². The lowest BCUT2D eigenvalue weighted by Gasteiger charge is -2.26. The van der Waals surface area contributed by atoms with Gasteiger partial charge in [-0.1, -0.05) is 51.3 Å². The Morgan fingerprint density at radius 1 is 0.947 bits per heavy atom. The molecule has 0 aromatic heterocycles. The third kappa shape index (κ3) is 3.19. The van der Waals surface area contributed by atoms with Gasteiger partial charge in [0.05, 0.1) is 0 Å². The molecular formula is C17H20BrN. The zero-order valence-electron chi connectivity index (χ0n) is 11.8. The number of benzene rings is 2. The van der Waals surface area contributed by atoms with Crippen LogP contribution in [0.25, 0.3) is 0 Å². The van der Waals surface area contributed by atoms with Gasteiger partial charge in [0.25, 0.3) is 0 Å². The topological polar surface area (TPSA) is 3.24 Å². The number of halogens is 1. The van der Waals surface area contributed by atoms with Gasteiger partial charge in [0.2, 0.25) is 0 Å². The van der Waals surface area contributed by atoms with E-state index in [1.165, 1.54) is 28.1 Å². The summed E-state index contributed by atoms with van der Waals surface area (Å²) in [5.74, 6) is 0. The first-order valence-corrected chi connectivity index (χ1v) is 7.77. The Bertz CT molecular complexity index is 546. The van der Waals surface area contributed by atoms with E-state index in [4.69, 9.17) is 0 Å². The van der Waals surface area contributed by atoms with Gasteiger partial charge in [-0.25, -0.2) is 0 Å². The first-order chi connectivity index (χ1) is 9.15. The number of hydrogen-bond acceptors (Lipinski definition) is 1. The Hall–Kier alpha value is -1.28. The molecule has 0 fully saturated rings. The predicted octanol–water partition coefficient (Wildman–Crippen LogP) is 5.36. The van der Waals surface area contributed by atoms with Gasteiger partial charge in [-0.05, 0) is 44.5 Å². The maximum Gasteiger partial charge on any atom is 0.0451 e. The van der Waals surface area contributed by atoms with Gasteiger partial charge in [-0.15, -0.1) is 0 Å². The molecule has 0 saturated heterocycles. The minimum Gasteiger partial charge on any atom is -0.342 e. The summed E-state index contributed by atoms with van der Waals surface area (Å²) in [7, 11) is 0. The second-order valence-electron chi connectivity index (χ2n) is 4.85. The summed E-state index contributed by atoms with van der Waals surface area (Å²) in [5, 5.41) is 0.881. The predicted molar refractivity (Wildman–Crippen MR) is 87.7 cm³/mol. The molecule has 0 bridgehead atoms. The maximum atomic E-state index is 3.60. The largest absolute Gasteiger partial charge is 0.342 e. The average molecular weight is 318 g/mol. The standard InChI is InChI=1S/C17H20BrN/c1-4-19(16-8-5-13(2)6-9-16)17-10-7-14(3)11-15(17)12-18/h5-11H,4,12H2,1-3H3. The van der Waals surface area contributed by atoms with Crippen LogP contribution in [0.4, 0.5) is 11.4 Å². The lowest BCUT2D eigenvalue weighted by atomic mass is 10.1. The first kappa shape index (κ1) is 14.1. The van der Waals surface area contributed by atoms with E-state index in [0.717, 1.165) is 11.9 Å². The Balaban J connectivity index is 2.44. The van der Waals surface area contributed by atoms with E-state index in [9.17, 15) is 0 Å². The molecule has 1 nitrogen and oxygen atoms in total. The summed E-state index contributed by atoms with van der Waals surface area (Å²) in [6, 6.07) is 15.4. The number of alkyl halides is 1. The highest BCUT2D eigenvalue weighted by atomic mass is 79.9. The highest BCUT2D eigenvalue weighted by Gasteiger charge is 2.11. The van der Waals surface area contributed by atoms with Crippen LogP contribution in [0.1, 0.15) is 23.6 Å². The van der Waals surface area contributed by atoms with Crippen molar-refractivity contribution in [2.45, 2.75) is 26.1 Å². The zero-order valence-corrected chi connectivity index (χ0v) is 13.4. The van der Waals surface area contributed by atoms with Crippen molar-refractivity contribution in [3.05, 3.63) is 59.2 Å². The van der Waals surface area contributed by atoms with Gasteiger partial charge >= 0.3 is 0 Å². The minimum absolute atomic E-state index is 0.881. The fourth-order valence-electron chi connectivity index (χ4n) is 2.30. The molecular weight excluding hydrogens is 298 g/mol. The SMILES string of the molecule is CCN(c1ccc(C)cc1)c1ccc(C)cc1CBr. The molecule has 2 aromatic carbocycles. The van der Waals surface area contributed by atoms with Gasteiger partial charge in [0, 0.05) is 23.2 Å². The molecule has 0 aliphatic heterocycles. The third-order valence-corrected chi connectivity index (χ3v) is 3.94. The summed E-state index contributed by atoms with van der Waals surface area (Å²) >= 11 is 3.60. The second-order valence-corrected chi connectivity index (χ2v) is 5.41.